The van der Waals surface area contributed by atoms with E-state index in [0.717, 1.165) is 0 Å². The highest BCUT2D eigenvalue weighted by Gasteiger charge is 2.27. The number of carboxylic acids is 1. The summed E-state index contributed by atoms with van der Waals surface area (Å²) in [6.45, 7) is 3.83. The molecule has 3 aromatic rings. The zero-order chi connectivity index (χ0) is 20.5. The maximum atomic E-state index is 12.7. The number of aromatic carboxylic acids is 1. The van der Waals surface area contributed by atoms with E-state index in [1.54, 1.807) is 24.0 Å². The lowest BCUT2D eigenvalue weighted by Gasteiger charge is -2.36. The molecule has 0 atom stereocenters. The molecule has 3 heterocycles. The molecule has 1 amide bonds. The van der Waals surface area contributed by atoms with Gasteiger partial charge in [-0.2, -0.15) is 10.4 Å². The maximum Gasteiger partial charge on any atom is 0.337 e. The maximum absolute atomic E-state index is 12.7. The third kappa shape index (κ3) is 3.17. The van der Waals surface area contributed by atoms with Crippen molar-refractivity contribution < 1.29 is 14.7 Å². The van der Waals surface area contributed by atoms with Crippen LogP contribution in [0.25, 0.3) is 5.52 Å². The van der Waals surface area contributed by atoms with Gasteiger partial charge in [-0.3, -0.25) is 4.79 Å². The topological polar surface area (TPSA) is 102 Å². The van der Waals surface area contributed by atoms with E-state index < -0.39 is 5.97 Å². The van der Waals surface area contributed by atoms with Crippen molar-refractivity contribution in [3.05, 3.63) is 65.0 Å². The smallest absolute Gasteiger partial charge is 0.337 e. The molecule has 1 saturated heterocycles. The second-order valence-electron chi connectivity index (χ2n) is 6.93. The number of piperazine rings is 1. The Morgan fingerprint density at radius 1 is 1.14 bits per heavy atom. The third-order valence-electron chi connectivity index (χ3n) is 5.29. The summed E-state index contributed by atoms with van der Waals surface area (Å²) in [4.78, 5) is 28.0. The van der Waals surface area contributed by atoms with Crippen molar-refractivity contribution in [3.8, 4) is 6.07 Å². The zero-order valence-corrected chi connectivity index (χ0v) is 15.9. The van der Waals surface area contributed by atoms with Crippen LogP contribution in [0.2, 0.25) is 0 Å². The van der Waals surface area contributed by atoms with E-state index in [4.69, 9.17) is 0 Å². The van der Waals surface area contributed by atoms with Gasteiger partial charge in [0.1, 0.15) is 6.07 Å². The number of carbonyl (C=O) groups is 2. The second kappa shape index (κ2) is 7.28. The predicted molar refractivity (Wildman–Crippen MR) is 106 cm³/mol. The van der Waals surface area contributed by atoms with E-state index in [1.807, 2.05) is 23.1 Å². The van der Waals surface area contributed by atoms with E-state index in [-0.39, 0.29) is 11.5 Å². The van der Waals surface area contributed by atoms with Gasteiger partial charge in [0.15, 0.2) is 0 Å². The van der Waals surface area contributed by atoms with Crippen molar-refractivity contribution in [3.63, 3.8) is 0 Å². The number of anilines is 1. The van der Waals surface area contributed by atoms with Gasteiger partial charge >= 0.3 is 5.97 Å². The van der Waals surface area contributed by atoms with Gasteiger partial charge in [-0.1, -0.05) is 18.2 Å². The number of fused-ring (bicyclic) bond motifs is 1. The highest BCUT2D eigenvalue weighted by Crippen LogP contribution is 2.31. The van der Waals surface area contributed by atoms with Crippen LogP contribution in [-0.4, -0.2) is 57.7 Å². The molecule has 1 aromatic carbocycles. The number of aromatic nitrogens is 2. The number of benzene rings is 1. The Morgan fingerprint density at radius 2 is 1.83 bits per heavy atom. The number of rotatable bonds is 3. The second-order valence-corrected chi connectivity index (χ2v) is 6.93. The molecular weight excluding hydrogens is 370 g/mol. The van der Waals surface area contributed by atoms with Crippen LogP contribution in [0.1, 0.15) is 31.8 Å². The standard InChI is InChI=1S/C21H19N5O3/c1-14-17(21(28)29)13-26-18(14)19(16(11-22)12-23-26)24-7-9-25(10-8-24)20(27)15-5-3-2-4-6-15/h2-6,12-13H,7-10H2,1H3,(H,28,29). The molecule has 0 spiro atoms. The van der Waals surface area contributed by atoms with Crippen molar-refractivity contribution in [2.24, 2.45) is 0 Å². The van der Waals surface area contributed by atoms with Crippen molar-refractivity contribution in [1.82, 2.24) is 14.5 Å². The van der Waals surface area contributed by atoms with Crippen LogP contribution in [0.4, 0.5) is 5.69 Å². The molecule has 4 rings (SSSR count). The summed E-state index contributed by atoms with van der Waals surface area (Å²) in [5, 5.41) is 23.2. The Labute approximate surface area is 167 Å². The highest BCUT2D eigenvalue weighted by atomic mass is 16.4. The number of carbonyl (C=O) groups excluding carboxylic acids is 1. The van der Waals surface area contributed by atoms with Gasteiger partial charge in [0.2, 0.25) is 0 Å². The van der Waals surface area contributed by atoms with E-state index in [9.17, 15) is 20.0 Å². The molecule has 2 aromatic heterocycles. The Bertz CT molecular complexity index is 1140. The average molecular weight is 389 g/mol. The molecule has 8 heteroatoms. The van der Waals surface area contributed by atoms with Crippen molar-refractivity contribution in [2.45, 2.75) is 6.92 Å². The fourth-order valence-corrected chi connectivity index (χ4v) is 3.78. The first-order chi connectivity index (χ1) is 14.0. The van der Waals surface area contributed by atoms with Gasteiger partial charge in [-0.15, -0.1) is 0 Å². The van der Waals surface area contributed by atoms with Crippen molar-refractivity contribution >= 4 is 23.1 Å². The normalized spacial score (nSPS) is 14.1. The Kier molecular flexibility index (Phi) is 4.64. The van der Waals surface area contributed by atoms with Crippen LogP contribution in [0.3, 0.4) is 0 Å². The molecule has 0 saturated carbocycles. The van der Waals surface area contributed by atoms with Gasteiger partial charge in [0.05, 0.1) is 28.5 Å². The van der Waals surface area contributed by atoms with Gasteiger partial charge < -0.3 is 14.9 Å². The van der Waals surface area contributed by atoms with Crippen molar-refractivity contribution in [2.75, 3.05) is 31.1 Å². The van der Waals surface area contributed by atoms with E-state index in [1.165, 1.54) is 16.9 Å². The number of nitrogens with zero attached hydrogens (tertiary/aromatic N) is 5. The third-order valence-corrected chi connectivity index (χ3v) is 5.29. The number of hydrogen-bond donors (Lipinski definition) is 1. The summed E-state index contributed by atoms with van der Waals surface area (Å²) < 4.78 is 1.51. The Hall–Kier alpha value is -3.86. The molecular formula is C21H19N5O3. The van der Waals surface area contributed by atoms with Gasteiger partial charge in [0, 0.05) is 37.9 Å². The van der Waals surface area contributed by atoms with Gasteiger partial charge in [-0.05, 0) is 24.6 Å². The number of hydrogen-bond acceptors (Lipinski definition) is 5. The summed E-state index contributed by atoms with van der Waals surface area (Å²) in [6.07, 6.45) is 2.92. The minimum atomic E-state index is -1.03. The summed E-state index contributed by atoms with van der Waals surface area (Å²) in [5.41, 5.74) is 3.05. The van der Waals surface area contributed by atoms with Crippen LogP contribution in [-0.2, 0) is 0 Å². The lowest BCUT2D eigenvalue weighted by Crippen LogP contribution is -2.49. The molecule has 1 aliphatic heterocycles. The fraction of sp³-hybridized carbons (Fsp3) is 0.238. The molecule has 1 aliphatic rings. The van der Waals surface area contributed by atoms with Gasteiger partial charge in [0.25, 0.3) is 5.91 Å². The molecule has 29 heavy (non-hydrogen) atoms. The SMILES string of the molecule is Cc1c(C(=O)O)cn2ncc(C#N)c(N3CCN(C(=O)c4ccccc4)CC3)c12. The Morgan fingerprint density at radius 3 is 2.45 bits per heavy atom. The van der Waals surface area contributed by atoms with E-state index >= 15 is 0 Å². The van der Waals surface area contributed by atoms with Crippen LogP contribution in [0.15, 0.2) is 42.7 Å². The largest absolute Gasteiger partial charge is 0.478 e. The predicted octanol–water partition coefficient (Wildman–Crippen LogP) is 2.17. The van der Waals surface area contributed by atoms with Crippen LogP contribution in [0, 0.1) is 18.3 Å². The first kappa shape index (κ1) is 18.5. The molecule has 0 radical (unpaired) electrons. The molecule has 1 N–H and O–H groups in total. The summed E-state index contributed by atoms with van der Waals surface area (Å²) in [7, 11) is 0. The van der Waals surface area contributed by atoms with Crippen LogP contribution < -0.4 is 4.90 Å². The summed E-state index contributed by atoms with van der Waals surface area (Å²) in [6, 6.07) is 11.3. The molecule has 146 valence electrons. The minimum Gasteiger partial charge on any atom is -0.478 e. The first-order valence-electron chi connectivity index (χ1n) is 9.25. The van der Waals surface area contributed by atoms with Crippen molar-refractivity contribution in [1.29, 1.82) is 5.26 Å². The lowest BCUT2D eigenvalue weighted by molar-refractivity contribution is 0.0694. The molecule has 0 aliphatic carbocycles. The summed E-state index contributed by atoms with van der Waals surface area (Å²) in [5.74, 6) is -1.05. The summed E-state index contributed by atoms with van der Waals surface area (Å²) >= 11 is 0. The van der Waals surface area contributed by atoms with E-state index in [0.29, 0.717) is 54.1 Å². The number of amides is 1. The molecule has 0 unspecified atom stereocenters. The van der Waals surface area contributed by atoms with Gasteiger partial charge in [-0.25, -0.2) is 9.31 Å². The average Bonchev–Trinajstić information content (AvgIpc) is 3.10. The minimum absolute atomic E-state index is 0.0161. The fourth-order valence-electron chi connectivity index (χ4n) is 3.78. The number of aryl methyl sites for hydroxylation is 1. The van der Waals surface area contributed by atoms with E-state index in [2.05, 4.69) is 11.2 Å². The van der Waals surface area contributed by atoms with Crippen LogP contribution in [0.5, 0.6) is 0 Å². The molecule has 0 bridgehead atoms. The number of nitriles is 1. The van der Waals surface area contributed by atoms with Crippen LogP contribution >= 0.6 is 0 Å². The lowest BCUT2D eigenvalue weighted by atomic mass is 10.1. The monoisotopic (exact) mass is 389 g/mol. The quantitative estimate of drug-likeness (QED) is 0.737. The Balaban J connectivity index is 1.65. The number of carboxylic acid groups (broad SMARTS) is 1. The molecule has 8 nitrogen and oxygen atoms in total. The first-order valence-corrected chi connectivity index (χ1v) is 9.25. The molecule has 1 fully saturated rings. The zero-order valence-electron chi connectivity index (χ0n) is 15.9. The highest BCUT2D eigenvalue weighted by molar-refractivity contribution is 5.96.